The van der Waals surface area contributed by atoms with Crippen molar-refractivity contribution in [3.8, 4) is 11.3 Å². The first-order valence-corrected chi connectivity index (χ1v) is 9.74. The lowest BCUT2D eigenvalue weighted by Crippen LogP contribution is -2.14. The van der Waals surface area contributed by atoms with Crippen molar-refractivity contribution in [2.24, 2.45) is 5.14 Å². The molecule has 7 nitrogen and oxygen atoms in total. The molecule has 3 rings (SSSR count). The number of esters is 1. The quantitative estimate of drug-likeness (QED) is 0.622. The number of ether oxygens (including phenoxy) is 1. The molecule has 0 atom stereocenters. The first-order chi connectivity index (χ1) is 12.7. The topological polar surface area (TPSA) is 112 Å². The molecule has 27 heavy (non-hydrogen) atoms. The molecule has 0 unspecified atom stereocenters. The SMILES string of the molecule is NS(=O)(=O)c1cc(C(=O)OCc2ncc(-c3ccc(Cl)cc3)o2)ccc1Cl. The predicted molar refractivity (Wildman–Crippen MR) is 98.9 cm³/mol. The van der Waals surface area contributed by atoms with E-state index >= 15 is 0 Å². The second-order valence-corrected chi connectivity index (χ2v) is 7.76. The zero-order chi connectivity index (χ0) is 19.6. The number of nitrogens with two attached hydrogens (primary N) is 1. The van der Waals surface area contributed by atoms with Crippen LogP contribution < -0.4 is 5.14 Å². The van der Waals surface area contributed by atoms with Crippen molar-refractivity contribution in [1.82, 2.24) is 4.98 Å². The molecule has 0 aliphatic heterocycles. The van der Waals surface area contributed by atoms with Crippen molar-refractivity contribution in [2.45, 2.75) is 11.5 Å². The molecule has 0 amide bonds. The van der Waals surface area contributed by atoms with E-state index in [0.717, 1.165) is 11.6 Å². The summed E-state index contributed by atoms with van der Waals surface area (Å²) < 4.78 is 33.6. The van der Waals surface area contributed by atoms with Gasteiger partial charge in [0.05, 0.1) is 16.8 Å². The highest BCUT2D eigenvalue weighted by Gasteiger charge is 2.18. The van der Waals surface area contributed by atoms with Crippen molar-refractivity contribution < 1.29 is 22.4 Å². The van der Waals surface area contributed by atoms with Crippen LogP contribution in [-0.2, 0) is 21.4 Å². The lowest BCUT2D eigenvalue weighted by molar-refractivity contribution is 0.0438. The van der Waals surface area contributed by atoms with Gasteiger partial charge in [-0.3, -0.25) is 0 Å². The number of hydrogen-bond donors (Lipinski definition) is 1. The number of carbonyl (C=O) groups is 1. The van der Waals surface area contributed by atoms with Crippen LogP contribution in [0.2, 0.25) is 10.0 Å². The Labute approximate surface area is 164 Å². The number of carbonyl (C=O) groups excluding carboxylic acids is 1. The van der Waals surface area contributed by atoms with Crippen LogP contribution in [0.3, 0.4) is 0 Å². The van der Waals surface area contributed by atoms with Crippen LogP contribution >= 0.6 is 23.2 Å². The first kappa shape index (κ1) is 19.4. The average molecular weight is 427 g/mol. The average Bonchev–Trinajstić information content (AvgIpc) is 3.08. The van der Waals surface area contributed by atoms with Crippen molar-refractivity contribution in [2.75, 3.05) is 0 Å². The van der Waals surface area contributed by atoms with E-state index in [-0.39, 0.29) is 28.0 Å². The molecule has 0 fully saturated rings. The van der Waals surface area contributed by atoms with Gasteiger partial charge in [-0.1, -0.05) is 23.2 Å². The molecule has 10 heteroatoms. The maximum Gasteiger partial charge on any atom is 0.338 e. The van der Waals surface area contributed by atoms with Crippen molar-refractivity contribution in [3.05, 3.63) is 70.2 Å². The summed E-state index contributed by atoms with van der Waals surface area (Å²) in [7, 11) is -4.07. The van der Waals surface area contributed by atoms with Gasteiger partial charge in [0.1, 0.15) is 4.90 Å². The summed E-state index contributed by atoms with van der Waals surface area (Å²) in [6.07, 6.45) is 1.49. The maximum absolute atomic E-state index is 12.1. The third-order valence-corrected chi connectivity index (χ3v) is 5.13. The Morgan fingerprint density at radius 1 is 1.15 bits per heavy atom. The van der Waals surface area contributed by atoms with E-state index in [2.05, 4.69) is 4.98 Å². The number of hydrogen-bond acceptors (Lipinski definition) is 6. The molecule has 2 aromatic carbocycles. The minimum Gasteiger partial charge on any atom is -0.452 e. The fraction of sp³-hybridized carbons (Fsp3) is 0.0588. The second kappa shape index (κ2) is 7.69. The largest absolute Gasteiger partial charge is 0.452 e. The third-order valence-electron chi connectivity index (χ3n) is 3.48. The Morgan fingerprint density at radius 2 is 1.85 bits per heavy atom. The molecule has 0 spiro atoms. The Balaban J connectivity index is 1.71. The number of nitrogens with zero attached hydrogens (tertiary/aromatic N) is 1. The van der Waals surface area contributed by atoms with E-state index in [0.29, 0.717) is 10.8 Å². The fourth-order valence-corrected chi connectivity index (χ4v) is 3.38. The summed E-state index contributed by atoms with van der Waals surface area (Å²) in [5.41, 5.74) is 0.743. The lowest BCUT2D eigenvalue weighted by Gasteiger charge is -2.06. The van der Waals surface area contributed by atoms with Crippen molar-refractivity contribution in [3.63, 3.8) is 0 Å². The molecule has 0 radical (unpaired) electrons. The summed E-state index contributed by atoms with van der Waals surface area (Å²) in [5, 5.41) is 5.56. The van der Waals surface area contributed by atoms with Gasteiger partial charge in [0.15, 0.2) is 12.4 Å². The van der Waals surface area contributed by atoms with Gasteiger partial charge in [-0.05, 0) is 42.5 Å². The van der Waals surface area contributed by atoms with Gasteiger partial charge in [0.2, 0.25) is 15.9 Å². The molecule has 2 N–H and O–H groups in total. The van der Waals surface area contributed by atoms with E-state index in [1.807, 2.05) is 0 Å². The molecule has 140 valence electrons. The Bertz CT molecular complexity index is 1090. The second-order valence-electron chi connectivity index (χ2n) is 5.39. The number of primary sulfonamides is 1. The summed E-state index contributed by atoms with van der Waals surface area (Å²) in [5.74, 6) is -0.113. The highest BCUT2D eigenvalue weighted by Crippen LogP contribution is 2.24. The number of sulfonamides is 1. The zero-order valence-corrected chi connectivity index (χ0v) is 15.9. The van der Waals surface area contributed by atoms with Crippen molar-refractivity contribution in [1.29, 1.82) is 0 Å². The summed E-state index contributed by atoms with van der Waals surface area (Å²) >= 11 is 11.6. The Kier molecular flexibility index (Phi) is 5.52. The summed E-state index contributed by atoms with van der Waals surface area (Å²) in [4.78, 5) is 15.8. The number of benzene rings is 2. The molecule has 0 bridgehead atoms. The Morgan fingerprint density at radius 3 is 2.52 bits per heavy atom. The molecule has 1 aromatic heterocycles. The van der Waals surface area contributed by atoms with Crippen LogP contribution in [0.5, 0.6) is 0 Å². The molecule has 0 aliphatic carbocycles. The van der Waals surface area contributed by atoms with Crippen LogP contribution in [-0.4, -0.2) is 19.4 Å². The lowest BCUT2D eigenvalue weighted by atomic mass is 10.2. The van der Waals surface area contributed by atoms with E-state index in [9.17, 15) is 13.2 Å². The van der Waals surface area contributed by atoms with Crippen molar-refractivity contribution >= 4 is 39.2 Å². The summed E-state index contributed by atoms with van der Waals surface area (Å²) in [6, 6.07) is 10.6. The number of halogens is 2. The number of aromatic nitrogens is 1. The van der Waals surface area contributed by atoms with Crippen LogP contribution in [0.1, 0.15) is 16.2 Å². The van der Waals surface area contributed by atoms with E-state index in [1.54, 1.807) is 24.3 Å². The minimum absolute atomic E-state index is 0.0205. The maximum atomic E-state index is 12.1. The number of rotatable bonds is 5. The Hall–Kier alpha value is -2.39. The first-order valence-electron chi connectivity index (χ1n) is 7.44. The van der Waals surface area contributed by atoms with E-state index < -0.39 is 16.0 Å². The molecular weight excluding hydrogens is 415 g/mol. The van der Waals surface area contributed by atoms with E-state index in [1.165, 1.54) is 18.3 Å². The molecular formula is C17H12Cl2N2O5S. The smallest absolute Gasteiger partial charge is 0.338 e. The molecule has 3 aromatic rings. The van der Waals surface area contributed by atoms with Crippen LogP contribution in [0, 0.1) is 0 Å². The van der Waals surface area contributed by atoms with Gasteiger partial charge in [0, 0.05) is 10.6 Å². The number of oxazole rings is 1. The monoisotopic (exact) mass is 426 g/mol. The van der Waals surface area contributed by atoms with Gasteiger partial charge >= 0.3 is 5.97 Å². The molecule has 0 aliphatic rings. The third kappa shape index (κ3) is 4.67. The fourth-order valence-electron chi connectivity index (χ4n) is 2.18. The van der Waals surface area contributed by atoms with Crippen LogP contribution in [0.4, 0.5) is 0 Å². The highest BCUT2D eigenvalue weighted by atomic mass is 35.5. The van der Waals surface area contributed by atoms with Gasteiger partial charge < -0.3 is 9.15 Å². The molecule has 0 saturated carbocycles. The standard InChI is InChI=1S/C17H12Cl2N2O5S/c18-12-4-1-10(2-5-12)14-8-21-16(26-14)9-25-17(22)11-3-6-13(19)15(7-11)27(20,23)24/h1-8H,9H2,(H2,20,23,24). The van der Waals surface area contributed by atoms with Gasteiger partial charge in [-0.2, -0.15) is 0 Å². The minimum atomic E-state index is -4.07. The zero-order valence-electron chi connectivity index (χ0n) is 13.6. The summed E-state index contributed by atoms with van der Waals surface area (Å²) in [6.45, 7) is -0.236. The van der Waals surface area contributed by atoms with Crippen LogP contribution in [0.25, 0.3) is 11.3 Å². The van der Waals surface area contributed by atoms with Gasteiger partial charge in [0.25, 0.3) is 0 Å². The molecule has 0 saturated heterocycles. The molecule has 1 heterocycles. The van der Waals surface area contributed by atoms with Gasteiger partial charge in [-0.25, -0.2) is 23.3 Å². The predicted octanol–water partition coefficient (Wildman–Crippen LogP) is 3.65. The highest BCUT2D eigenvalue weighted by molar-refractivity contribution is 7.89. The van der Waals surface area contributed by atoms with Crippen LogP contribution in [0.15, 0.2) is 58.0 Å². The van der Waals surface area contributed by atoms with Gasteiger partial charge in [-0.15, -0.1) is 0 Å². The van der Waals surface area contributed by atoms with E-state index in [4.69, 9.17) is 37.5 Å². The normalized spacial score (nSPS) is 11.4.